The fourth-order valence-corrected chi connectivity index (χ4v) is 1.51. The van der Waals surface area contributed by atoms with E-state index >= 15 is 0 Å². The smallest absolute Gasteiger partial charge is 0.481 e. The molecule has 9 heteroatoms. The second-order valence-corrected chi connectivity index (χ2v) is 3.39. The average molecular weight is 288 g/mol. The lowest BCUT2D eigenvalue weighted by Crippen LogP contribution is -2.20. The maximum atomic E-state index is 13.2. The summed E-state index contributed by atoms with van der Waals surface area (Å²) in [4.78, 5) is 13.6. The second-order valence-electron chi connectivity index (χ2n) is 3.12. The van der Waals surface area contributed by atoms with Gasteiger partial charge in [-0.3, -0.25) is 4.79 Å². The lowest BCUT2D eigenvalue weighted by molar-refractivity contribution is -0.275. The van der Waals surface area contributed by atoms with Crippen LogP contribution in [0.4, 0.5) is 17.6 Å². The summed E-state index contributed by atoms with van der Waals surface area (Å²) >= 11 is 5.35. The standard InChI is InChI=1S/C9H6ClF4NO3/c10-2-5-4(1-7(16)17)6(3-15-8(5)11)18-9(12,13)14/h3H,1-2H2,(H,16,17). The fraction of sp³-hybridized carbons (Fsp3) is 0.333. The highest BCUT2D eigenvalue weighted by Gasteiger charge is 2.33. The Hall–Kier alpha value is -1.57. The van der Waals surface area contributed by atoms with Gasteiger partial charge < -0.3 is 9.84 Å². The zero-order chi connectivity index (χ0) is 13.9. The number of nitrogens with zero attached hydrogens (tertiary/aromatic N) is 1. The Morgan fingerprint density at radius 1 is 1.44 bits per heavy atom. The monoisotopic (exact) mass is 287 g/mol. The summed E-state index contributed by atoms with van der Waals surface area (Å²) in [6.45, 7) is 0. The van der Waals surface area contributed by atoms with E-state index in [0.717, 1.165) is 0 Å². The van der Waals surface area contributed by atoms with Crippen molar-refractivity contribution in [3.8, 4) is 5.75 Å². The number of halogens is 5. The number of rotatable bonds is 4. The number of alkyl halides is 4. The van der Waals surface area contributed by atoms with E-state index in [9.17, 15) is 22.4 Å². The van der Waals surface area contributed by atoms with Crippen LogP contribution in [-0.4, -0.2) is 22.4 Å². The number of pyridine rings is 1. The van der Waals surface area contributed by atoms with Crippen LogP contribution in [0.5, 0.6) is 5.75 Å². The van der Waals surface area contributed by atoms with E-state index in [-0.39, 0.29) is 0 Å². The van der Waals surface area contributed by atoms with Crippen LogP contribution in [-0.2, 0) is 17.1 Å². The molecule has 0 aliphatic heterocycles. The molecule has 0 amide bonds. The summed E-state index contributed by atoms with van der Waals surface area (Å²) in [6.07, 6.45) is -5.42. The van der Waals surface area contributed by atoms with E-state index in [1.165, 1.54) is 0 Å². The first-order valence-corrected chi connectivity index (χ1v) is 4.97. The molecule has 0 atom stereocenters. The summed E-state index contributed by atoms with van der Waals surface area (Å²) in [6, 6.07) is 0. The molecule has 0 aliphatic rings. The Labute approximate surface area is 103 Å². The van der Waals surface area contributed by atoms with Crippen LogP contribution in [0.2, 0.25) is 0 Å². The van der Waals surface area contributed by atoms with E-state index in [0.29, 0.717) is 6.20 Å². The van der Waals surface area contributed by atoms with E-state index < -0.39 is 47.5 Å². The van der Waals surface area contributed by atoms with Gasteiger partial charge in [-0.2, -0.15) is 4.39 Å². The molecule has 1 N–H and O–H groups in total. The van der Waals surface area contributed by atoms with Gasteiger partial charge in [-0.1, -0.05) is 0 Å². The van der Waals surface area contributed by atoms with Gasteiger partial charge in [0.1, 0.15) is 0 Å². The number of aromatic nitrogens is 1. The summed E-state index contributed by atoms with van der Waals surface area (Å²) in [5.41, 5.74) is -0.914. The molecule has 0 aromatic carbocycles. The molecular weight excluding hydrogens is 282 g/mol. The van der Waals surface area contributed by atoms with Crippen LogP contribution in [0.15, 0.2) is 6.20 Å². The largest absolute Gasteiger partial charge is 0.573 e. The van der Waals surface area contributed by atoms with Crippen LogP contribution in [0.25, 0.3) is 0 Å². The van der Waals surface area contributed by atoms with E-state index in [1.807, 2.05) is 0 Å². The molecule has 100 valence electrons. The van der Waals surface area contributed by atoms with Crippen molar-refractivity contribution in [2.24, 2.45) is 0 Å². The third-order valence-corrected chi connectivity index (χ3v) is 2.16. The van der Waals surface area contributed by atoms with Crippen molar-refractivity contribution in [3.05, 3.63) is 23.3 Å². The van der Waals surface area contributed by atoms with Gasteiger partial charge in [-0.25, -0.2) is 4.98 Å². The molecule has 0 radical (unpaired) electrons. The molecule has 0 bridgehead atoms. The molecule has 0 unspecified atom stereocenters. The van der Waals surface area contributed by atoms with Crippen molar-refractivity contribution in [2.45, 2.75) is 18.7 Å². The number of carbonyl (C=O) groups is 1. The fourth-order valence-electron chi connectivity index (χ4n) is 1.24. The zero-order valence-corrected chi connectivity index (χ0v) is 9.35. The van der Waals surface area contributed by atoms with Crippen molar-refractivity contribution < 1.29 is 32.2 Å². The summed E-state index contributed by atoms with van der Waals surface area (Å²) in [5.74, 6) is -3.96. The maximum absolute atomic E-state index is 13.2. The highest BCUT2D eigenvalue weighted by molar-refractivity contribution is 6.17. The summed E-state index contributed by atoms with van der Waals surface area (Å²) in [7, 11) is 0. The molecule has 0 aliphatic carbocycles. The first-order chi connectivity index (χ1) is 8.24. The van der Waals surface area contributed by atoms with Crippen molar-refractivity contribution in [2.75, 3.05) is 0 Å². The average Bonchev–Trinajstić information content (AvgIpc) is 2.20. The lowest BCUT2D eigenvalue weighted by atomic mass is 10.1. The molecular formula is C9H6ClF4NO3. The third kappa shape index (κ3) is 3.73. The van der Waals surface area contributed by atoms with Gasteiger partial charge in [0.2, 0.25) is 5.95 Å². The molecule has 1 heterocycles. The minimum atomic E-state index is -5.03. The van der Waals surface area contributed by atoms with Crippen molar-refractivity contribution >= 4 is 17.6 Å². The Balaban J connectivity index is 3.28. The minimum Gasteiger partial charge on any atom is -0.481 e. The van der Waals surface area contributed by atoms with Crippen LogP contribution >= 0.6 is 11.6 Å². The Morgan fingerprint density at radius 2 is 2.06 bits per heavy atom. The Kier molecular flexibility index (Phi) is 4.33. The number of hydrogen-bond acceptors (Lipinski definition) is 3. The zero-order valence-electron chi connectivity index (χ0n) is 8.59. The van der Waals surface area contributed by atoms with Crippen LogP contribution in [0.3, 0.4) is 0 Å². The predicted molar refractivity (Wildman–Crippen MR) is 51.8 cm³/mol. The molecule has 1 rings (SSSR count). The second kappa shape index (κ2) is 5.38. The highest BCUT2D eigenvalue weighted by atomic mass is 35.5. The van der Waals surface area contributed by atoms with E-state index in [2.05, 4.69) is 9.72 Å². The van der Waals surface area contributed by atoms with Gasteiger partial charge in [0, 0.05) is 11.1 Å². The van der Waals surface area contributed by atoms with Gasteiger partial charge in [-0.15, -0.1) is 24.8 Å². The molecule has 1 aromatic heterocycles. The minimum absolute atomic E-state index is 0.430. The lowest BCUT2D eigenvalue weighted by Gasteiger charge is -2.14. The SMILES string of the molecule is O=C(O)Cc1c(OC(F)(F)F)cnc(F)c1CCl. The van der Waals surface area contributed by atoms with Crippen molar-refractivity contribution in [1.29, 1.82) is 0 Å². The molecule has 18 heavy (non-hydrogen) atoms. The third-order valence-electron chi connectivity index (χ3n) is 1.89. The summed E-state index contributed by atoms with van der Waals surface area (Å²) < 4.78 is 53.0. The summed E-state index contributed by atoms with van der Waals surface area (Å²) in [5, 5.41) is 8.58. The normalized spacial score (nSPS) is 11.4. The van der Waals surface area contributed by atoms with Gasteiger partial charge in [0.15, 0.2) is 5.75 Å². The van der Waals surface area contributed by atoms with Gasteiger partial charge in [-0.05, 0) is 0 Å². The number of aliphatic carboxylic acids is 1. The van der Waals surface area contributed by atoms with E-state index in [1.54, 1.807) is 0 Å². The molecule has 4 nitrogen and oxygen atoms in total. The van der Waals surface area contributed by atoms with E-state index in [4.69, 9.17) is 16.7 Å². The molecule has 0 spiro atoms. The predicted octanol–water partition coefficient (Wildman–Crippen LogP) is 2.49. The number of hydrogen-bond donors (Lipinski definition) is 1. The van der Waals surface area contributed by atoms with Crippen LogP contribution in [0, 0.1) is 5.95 Å². The van der Waals surface area contributed by atoms with Gasteiger partial charge in [0.05, 0.1) is 18.5 Å². The first kappa shape index (κ1) is 14.5. The topological polar surface area (TPSA) is 59.4 Å². The van der Waals surface area contributed by atoms with Gasteiger partial charge >= 0.3 is 12.3 Å². The Morgan fingerprint density at radius 3 is 2.50 bits per heavy atom. The first-order valence-electron chi connectivity index (χ1n) is 4.44. The van der Waals surface area contributed by atoms with Crippen molar-refractivity contribution in [3.63, 3.8) is 0 Å². The number of carboxylic acids is 1. The van der Waals surface area contributed by atoms with Gasteiger partial charge in [0.25, 0.3) is 0 Å². The maximum Gasteiger partial charge on any atom is 0.573 e. The molecule has 0 fully saturated rings. The highest BCUT2D eigenvalue weighted by Crippen LogP contribution is 2.30. The van der Waals surface area contributed by atoms with Crippen LogP contribution < -0.4 is 4.74 Å². The molecule has 0 saturated heterocycles. The molecule has 1 aromatic rings. The quantitative estimate of drug-likeness (QED) is 0.525. The number of ether oxygens (including phenoxy) is 1. The van der Waals surface area contributed by atoms with Crippen LogP contribution in [0.1, 0.15) is 11.1 Å². The Bertz CT molecular complexity index is 464. The molecule has 0 saturated carbocycles. The number of carboxylic acid groups (broad SMARTS) is 1. The van der Waals surface area contributed by atoms with Crippen molar-refractivity contribution in [1.82, 2.24) is 4.98 Å².